The van der Waals surface area contributed by atoms with Gasteiger partial charge in [0.15, 0.2) is 0 Å². The molecule has 112 valence electrons. The van der Waals surface area contributed by atoms with E-state index in [2.05, 4.69) is 30.2 Å². The van der Waals surface area contributed by atoms with Crippen LogP contribution in [0.4, 0.5) is 5.82 Å². The molecule has 1 unspecified atom stereocenters. The predicted molar refractivity (Wildman–Crippen MR) is 82.4 cm³/mol. The number of aromatic nitrogens is 1. The van der Waals surface area contributed by atoms with E-state index in [0.717, 1.165) is 30.9 Å². The van der Waals surface area contributed by atoms with E-state index in [9.17, 15) is 0 Å². The molecule has 1 atom stereocenters. The summed E-state index contributed by atoms with van der Waals surface area (Å²) in [5.74, 6) is 1.39. The topological polar surface area (TPSA) is 60.2 Å². The highest BCUT2D eigenvalue weighted by Gasteiger charge is 2.42. The first-order valence-corrected chi connectivity index (χ1v) is 7.64. The van der Waals surface area contributed by atoms with Crippen LogP contribution in [0.5, 0.6) is 0 Å². The van der Waals surface area contributed by atoms with Gasteiger partial charge in [-0.1, -0.05) is 13.0 Å². The van der Waals surface area contributed by atoms with E-state index < -0.39 is 0 Å². The number of rotatable bonds is 5. The molecule has 0 bridgehead atoms. The molecule has 1 fully saturated rings. The third-order valence-electron chi connectivity index (χ3n) is 4.55. The number of nitrogens with one attached hydrogen (secondary N) is 1. The summed E-state index contributed by atoms with van der Waals surface area (Å²) in [5.41, 5.74) is 6.97. The van der Waals surface area contributed by atoms with Gasteiger partial charge >= 0.3 is 0 Å². The van der Waals surface area contributed by atoms with E-state index in [1.165, 1.54) is 12.8 Å². The molecule has 0 spiro atoms. The van der Waals surface area contributed by atoms with Crippen LogP contribution in [0, 0.1) is 5.92 Å². The van der Waals surface area contributed by atoms with Crippen molar-refractivity contribution in [3.63, 3.8) is 0 Å². The second-order valence-corrected chi connectivity index (χ2v) is 5.88. The maximum atomic E-state index is 6.24. The average Bonchev–Trinajstić information content (AvgIpc) is 2.45. The summed E-state index contributed by atoms with van der Waals surface area (Å²) in [6.07, 6.45) is 6.29. The maximum absolute atomic E-state index is 6.24. The fraction of sp³-hybridized carbons (Fsp3) is 0.688. The zero-order valence-corrected chi connectivity index (χ0v) is 12.9. The Morgan fingerprint density at radius 1 is 1.50 bits per heavy atom. The number of nitrogen functional groups attached to an aromatic ring is 1. The number of anilines is 1. The predicted octanol–water partition coefficient (Wildman–Crippen LogP) is 2.91. The number of pyridine rings is 1. The number of nitrogens with two attached hydrogens (primary N) is 1. The number of hydrogen-bond donors (Lipinski definition) is 2. The van der Waals surface area contributed by atoms with Crippen LogP contribution in [-0.4, -0.2) is 24.2 Å². The van der Waals surface area contributed by atoms with E-state index in [-0.39, 0.29) is 11.6 Å². The Balaban J connectivity index is 2.33. The van der Waals surface area contributed by atoms with E-state index in [0.29, 0.717) is 5.82 Å². The molecule has 1 aliphatic rings. The molecule has 2 rings (SSSR count). The highest BCUT2D eigenvalue weighted by molar-refractivity contribution is 5.42. The van der Waals surface area contributed by atoms with Crippen molar-refractivity contribution in [3.05, 3.63) is 23.9 Å². The van der Waals surface area contributed by atoms with Crippen LogP contribution in [0.2, 0.25) is 0 Å². The lowest BCUT2D eigenvalue weighted by Gasteiger charge is -2.45. The van der Waals surface area contributed by atoms with E-state index >= 15 is 0 Å². The van der Waals surface area contributed by atoms with Crippen molar-refractivity contribution in [2.75, 3.05) is 19.4 Å². The highest BCUT2D eigenvalue weighted by atomic mass is 16.5. The van der Waals surface area contributed by atoms with Crippen molar-refractivity contribution < 1.29 is 4.74 Å². The molecule has 4 nitrogen and oxygen atoms in total. The zero-order valence-electron chi connectivity index (χ0n) is 12.9. The summed E-state index contributed by atoms with van der Waals surface area (Å²) in [6, 6.07) is 4.10. The Morgan fingerprint density at radius 3 is 2.75 bits per heavy atom. The summed E-state index contributed by atoms with van der Waals surface area (Å²) in [7, 11) is 1.98. The smallest absolute Gasteiger partial charge is 0.128 e. The fourth-order valence-corrected chi connectivity index (χ4v) is 3.43. The molecule has 0 radical (unpaired) electrons. The number of likely N-dealkylation sites (N-methyl/N-ethyl adjacent to an activating group) is 1. The van der Waals surface area contributed by atoms with Crippen molar-refractivity contribution in [3.8, 4) is 0 Å². The summed E-state index contributed by atoms with van der Waals surface area (Å²) < 4.78 is 6.24. The molecule has 1 heterocycles. The summed E-state index contributed by atoms with van der Waals surface area (Å²) in [4.78, 5) is 4.23. The Morgan fingerprint density at radius 2 is 2.20 bits per heavy atom. The van der Waals surface area contributed by atoms with Gasteiger partial charge in [0, 0.05) is 18.4 Å². The molecule has 1 aromatic heterocycles. The van der Waals surface area contributed by atoms with Crippen molar-refractivity contribution in [1.29, 1.82) is 0 Å². The Labute approximate surface area is 122 Å². The van der Waals surface area contributed by atoms with Crippen LogP contribution in [0.15, 0.2) is 18.3 Å². The molecular formula is C16H27N3O. The van der Waals surface area contributed by atoms with Gasteiger partial charge in [0.2, 0.25) is 0 Å². The quantitative estimate of drug-likeness (QED) is 0.869. The molecule has 0 saturated heterocycles. The van der Waals surface area contributed by atoms with Gasteiger partial charge < -0.3 is 15.8 Å². The minimum absolute atomic E-state index is 0.101. The molecular weight excluding hydrogens is 250 g/mol. The first-order chi connectivity index (χ1) is 9.63. The highest BCUT2D eigenvalue weighted by Crippen LogP contribution is 2.43. The SMILES string of the molecule is CCOC1(C(NC)c2cccnc2N)CCC(C)CC1. The largest absolute Gasteiger partial charge is 0.383 e. The first-order valence-electron chi connectivity index (χ1n) is 7.64. The van der Waals surface area contributed by atoms with Gasteiger partial charge in [-0.15, -0.1) is 0 Å². The summed E-state index contributed by atoms with van der Waals surface area (Å²) in [6.45, 7) is 5.12. The second-order valence-electron chi connectivity index (χ2n) is 5.88. The van der Waals surface area contributed by atoms with E-state index in [1.54, 1.807) is 6.20 Å². The molecule has 1 aliphatic carbocycles. The molecule has 1 aromatic rings. The lowest BCUT2D eigenvalue weighted by atomic mass is 9.73. The molecule has 1 saturated carbocycles. The Hall–Kier alpha value is -1.13. The molecule has 4 heteroatoms. The van der Waals surface area contributed by atoms with Crippen molar-refractivity contribution in [2.45, 2.75) is 51.2 Å². The van der Waals surface area contributed by atoms with Crippen LogP contribution >= 0.6 is 0 Å². The zero-order chi connectivity index (χ0) is 14.6. The number of ether oxygens (including phenoxy) is 1. The minimum Gasteiger partial charge on any atom is -0.383 e. The van der Waals surface area contributed by atoms with Crippen LogP contribution in [-0.2, 0) is 4.74 Å². The average molecular weight is 277 g/mol. The van der Waals surface area contributed by atoms with Crippen LogP contribution in [0.1, 0.15) is 51.1 Å². The first kappa shape index (κ1) is 15.3. The molecule has 0 amide bonds. The summed E-state index contributed by atoms with van der Waals surface area (Å²) in [5, 5.41) is 3.42. The minimum atomic E-state index is -0.160. The van der Waals surface area contributed by atoms with Crippen LogP contribution in [0.25, 0.3) is 0 Å². The third-order valence-corrected chi connectivity index (χ3v) is 4.55. The van der Waals surface area contributed by atoms with Crippen LogP contribution in [0.3, 0.4) is 0 Å². The van der Waals surface area contributed by atoms with Gasteiger partial charge in [0.05, 0.1) is 11.6 Å². The lowest BCUT2D eigenvalue weighted by Crippen LogP contribution is -2.48. The van der Waals surface area contributed by atoms with Crippen molar-refractivity contribution in [1.82, 2.24) is 10.3 Å². The van der Waals surface area contributed by atoms with Gasteiger partial charge in [-0.25, -0.2) is 4.98 Å². The monoisotopic (exact) mass is 277 g/mol. The van der Waals surface area contributed by atoms with E-state index in [4.69, 9.17) is 10.5 Å². The molecule has 20 heavy (non-hydrogen) atoms. The Kier molecular flexibility index (Phi) is 5.00. The second kappa shape index (κ2) is 6.55. The van der Waals surface area contributed by atoms with Gasteiger partial charge in [0.1, 0.15) is 5.82 Å². The lowest BCUT2D eigenvalue weighted by molar-refractivity contribution is -0.0961. The Bertz CT molecular complexity index is 427. The van der Waals surface area contributed by atoms with Crippen molar-refractivity contribution in [2.24, 2.45) is 5.92 Å². The van der Waals surface area contributed by atoms with Gasteiger partial charge in [0.25, 0.3) is 0 Å². The van der Waals surface area contributed by atoms with Gasteiger partial charge in [-0.05, 0) is 51.6 Å². The van der Waals surface area contributed by atoms with E-state index in [1.807, 2.05) is 13.1 Å². The number of hydrogen-bond acceptors (Lipinski definition) is 4. The molecule has 0 aromatic carbocycles. The fourth-order valence-electron chi connectivity index (χ4n) is 3.43. The molecule has 0 aliphatic heterocycles. The van der Waals surface area contributed by atoms with Gasteiger partial charge in [-0.3, -0.25) is 0 Å². The summed E-state index contributed by atoms with van der Waals surface area (Å²) >= 11 is 0. The van der Waals surface area contributed by atoms with Crippen LogP contribution < -0.4 is 11.1 Å². The maximum Gasteiger partial charge on any atom is 0.128 e. The third kappa shape index (κ3) is 2.96. The van der Waals surface area contributed by atoms with Gasteiger partial charge in [-0.2, -0.15) is 0 Å². The normalized spacial score (nSPS) is 28.2. The number of nitrogens with zero attached hydrogens (tertiary/aromatic N) is 1. The molecule has 3 N–H and O–H groups in total. The van der Waals surface area contributed by atoms with Crippen molar-refractivity contribution >= 4 is 5.82 Å². The standard InChI is InChI=1S/C16H27N3O/c1-4-20-16(9-7-12(2)8-10-16)14(18-3)13-6-5-11-19-15(13)17/h5-6,11-12,14,18H,4,7-10H2,1-3H3,(H2,17,19).